The second-order valence-corrected chi connectivity index (χ2v) is 6.38. The van der Waals surface area contributed by atoms with E-state index in [9.17, 15) is 0 Å². The van der Waals surface area contributed by atoms with Gasteiger partial charge in [-0.3, -0.25) is 0 Å². The molecule has 4 nitrogen and oxygen atoms in total. The lowest BCUT2D eigenvalue weighted by Crippen LogP contribution is -2.50. The van der Waals surface area contributed by atoms with Crippen molar-refractivity contribution in [3.63, 3.8) is 0 Å². The molecular formula is C21H26O4. The minimum Gasteiger partial charge on any atom is -0.371 e. The highest BCUT2D eigenvalue weighted by molar-refractivity contribution is 5.14. The third-order valence-electron chi connectivity index (χ3n) is 4.39. The van der Waals surface area contributed by atoms with Gasteiger partial charge in [0.2, 0.25) is 0 Å². The van der Waals surface area contributed by atoms with Gasteiger partial charge in [0.25, 0.3) is 0 Å². The van der Waals surface area contributed by atoms with Crippen LogP contribution < -0.4 is 0 Å². The van der Waals surface area contributed by atoms with E-state index in [0.717, 1.165) is 17.5 Å². The van der Waals surface area contributed by atoms with Gasteiger partial charge in [-0.2, -0.15) is 0 Å². The van der Waals surface area contributed by atoms with Crippen molar-refractivity contribution in [2.75, 3.05) is 7.11 Å². The van der Waals surface area contributed by atoms with Crippen LogP contribution in [0.1, 0.15) is 24.5 Å². The third kappa shape index (κ3) is 5.13. The summed E-state index contributed by atoms with van der Waals surface area (Å²) < 4.78 is 23.7. The zero-order chi connectivity index (χ0) is 17.5. The van der Waals surface area contributed by atoms with Crippen LogP contribution in [0.3, 0.4) is 0 Å². The third-order valence-corrected chi connectivity index (χ3v) is 4.39. The van der Waals surface area contributed by atoms with Crippen molar-refractivity contribution in [3.8, 4) is 0 Å². The molecule has 4 atom stereocenters. The van der Waals surface area contributed by atoms with Crippen molar-refractivity contribution in [1.29, 1.82) is 0 Å². The van der Waals surface area contributed by atoms with Gasteiger partial charge >= 0.3 is 0 Å². The van der Waals surface area contributed by atoms with E-state index in [4.69, 9.17) is 18.9 Å². The molecule has 1 unspecified atom stereocenters. The van der Waals surface area contributed by atoms with Crippen LogP contribution in [-0.4, -0.2) is 31.7 Å². The quantitative estimate of drug-likeness (QED) is 0.764. The smallest absolute Gasteiger partial charge is 0.186 e. The number of methoxy groups -OCH3 is 1. The molecule has 4 heteroatoms. The largest absolute Gasteiger partial charge is 0.371 e. The lowest BCUT2D eigenvalue weighted by Gasteiger charge is -2.39. The fraction of sp³-hybridized carbons (Fsp3) is 0.429. The maximum absolute atomic E-state index is 6.19. The second kappa shape index (κ2) is 9.11. The lowest BCUT2D eigenvalue weighted by atomic mass is 10.0. The summed E-state index contributed by atoms with van der Waals surface area (Å²) in [6.07, 6.45) is 0.102. The number of hydrogen-bond acceptors (Lipinski definition) is 4. The number of rotatable bonds is 7. The van der Waals surface area contributed by atoms with Crippen LogP contribution in [-0.2, 0) is 32.2 Å². The predicted molar refractivity (Wildman–Crippen MR) is 96.0 cm³/mol. The number of hydrogen-bond donors (Lipinski definition) is 0. The van der Waals surface area contributed by atoms with E-state index in [1.165, 1.54) is 0 Å². The second-order valence-electron chi connectivity index (χ2n) is 6.38. The molecule has 1 saturated heterocycles. The SMILES string of the molecule is COC1O[C@@H](C)C[C@@H](OCc2ccccc2)[C@@H]1OCc1ccccc1. The molecule has 0 aliphatic carbocycles. The molecule has 1 aliphatic rings. The summed E-state index contributed by atoms with van der Waals surface area (Å²) in [4.78, 5) is 0. The highest BCUT2D eigenvalue weighted by atomic mass is 16.7. The Hall–Kier alpha value is -1.72. The predicted octanol–water partition coefficient (Wildman–Crippen LogP) is 3.94. The van der Waals surface area contributed by atoms with Crippen LogP contribution in [0.5, 0.6) is 0 Å². The van der Waals surface area contributed by atoms with Gasteiger partial charge in [-0.1, -0.05) is 60.7 Å². The fourth-order valence-corrected chi connectivity index (χ4v) is 3.08. The Morgan fingerprint density at radius 1 is 0.880 bits per heavy atom. The van der Waals surface area contributed by atoms with Crippen LogP contribution in [0.4, 0.5) is 0 Å². The summed E-state index contributed by atoms with van der Waals surface area (Å²) in [5, 5.41) is 0. The van der Waals surface area contributed by atoms with Crippen LogP contribution >= 0.6 is 0 Å². The average molecular weight is 342 g/mol. The van der Waals surface area contributed by atoms with E-state index in [1.807, 2.05) is 55.5 Å². The highest BCUT2D eigenvalue weighted by Gasteiger charge is 2.39. The standard InChI is InChI=1S/C21H26O4/c1-16-13-19(23-14-17-9-5-3-6-10-17)20(21(22-2)25-16)24-15-18-11-7-4-8-12-18/h3-12,16,19-21H,13-15H2,1-2H3/t16-,19+,20-,21?/m0/s1. The van der Waals surface area contributed by atoms with E-state index >= 15 is 0 Å². The highest BCUT2D eigenvalue weighted by Crippen LogP contribution is 2.27. The molecule has 3 rings (SSSR count). The monoisotopic (exact) mass is 342 g/mol. The lowest BCUT2D eigenvalue weighted by molar-refractivity contribution is -0.277. The van der Waals surface area contributed by atoms with Gasteiger partial charge in [-0.05, 0) is 18.1 Å². The summed E-state index contributed by atoms with van der Waals surface area (Å²) in [6.45, 7) is 3.10. The first-order valence-corrected chi connectivity index (χ1v) is 8.75. The fourth-order valence-electron chi connectivity index (χ4n) is 3.08. The molecule has 1 fully saturated rings. The van der Waals surface area contributed by atoms with E-state index in [-0.39, 0.29) is 18.3 Å². The Labute approximate surface area is 149 Å². The normalized spacial score (nSPS) is 26.5. The Morgan fingerprint density at radius 2 is 1.44 bits per heavy atom. The molecule has 0 amide bonds. The molecule has 2 aromatic carbocycles. The Bertz CT molecular complexity index is 616. The van der Waals surface area contributed by atoms with Gasteiger partial charge in [0, 0.05) is 13.5 Å². The van der Waals surface area contributed by atoms with Gasteiger partial charge in [0.05, 0.1) is 25.4 Å². The first-order chi connectivity index (χ1) is 12.3. The van der Waals surface area contributed by atoms with Crippen LogP contribution in [0.15, 0.2) is 60.7 Å². The number of benzene rings is 2. The molecule has 0 aromatic heterocycles. The molecule has 2 aromatic rings. The Morgan fingerprint density at radius 3 is 2.00 bits per heavy atom. The van der Waals surface area contributed by atoms with Gasteiger partial charge in [0.15, 0.2) is 6.29 Å². The average Bonchev–Trinajstić information content (AvgIpc) is 2.66. The van der Waals surface area contributed by atoms with Crippen LogP contribution in [0.25, 0.3) is 0 Å². The first-order valence-electron chi connectivity index (χ1n) is 8.75. The summed E-state index contributed by atoms with van der Waals surface area (Å²) in [7, 11) is 1.65. The van der Waals surface area contributed by atoms with Crippen molar-refractivity contribution < 1.29 is 18.9 Å². The molecule has 25 heavy (non-hydrogen) atoms. The minimum atomic E-state index is -0.423. The summed E-state index contributed by atoms with van der Waals surface area (Å²) in [6, 6.07) is 20.3. The molecule has 1 heterocycles. The van der Waals surface area contributed by atoms with Crippen molar-refractivity contribution in [3.05, 3.63) is 71.8 Å². The molecule has 0 radical (unpaired) electrons. The van der Waals surface area contributed by atoms with Gasteiger partial charge in [-0.25, -0.2) is 0 Å². The zero-order valence-corrected chi connectivity index (χ0v) is 14.8. The van der Waals surface area contributed by atoms with E-state index < -0.39 is 6.29 Å². The van der Waals surface area contributed by atoms with Crippen molar-refractivity contribution in [2.24, 2.45) is 0 Å². The summed E-state index contributed by atoms with van der Waals surface area (Å²) in [5.74, 6) is 0. The number of ether oxygens (including phenoxy) is 4. The Balaban J connectivity index is 1.65. The van der Waals surface area contributed by atoms with Gasteiger partial charge < -0.3 is 18.9 Å². The first kappa shape index (κ1) is 18.1. The maximum Gasteiger partial charge on any atom is 0.186 e. The van der Waals surface area contributed by atoms with Crippen molar-refractivity contribution in [2.45, 2.75) is 51.2 Å². The molecule has 134 valence electrons. The van der Waals surface area contributed by atoms with E-state index in [2.05, 4.69) is 12.1 Å². The van der Waals surface area contributed by atoms with Crippen molar-refractivity contribution in [1.82, 2.24) is 0 Å². The molecule has 0 bridgehead atoms. The summed E-state index contributed by atoms with van der Waals surface area (Å²) in [5.41, 5.74) is 2.27. The zero-order valence-electron chi connectivity index (χ0n) is 14.8. The summed E-state index contributed by atoms with van der Waals surface area (Å²) >= 11 is 0. The molecule has 1 aliphatic heterocycles. The van der Waals surface area contributed by atoms with E-state index in [1.54, 1.807) is 7.11 Å². The molecular weight excluding hydrogens is 316 g/mol. The minimum absolute atomic E-state index is 0.0716. The van der Waals surface area contributed by atoms with Gasteiger partial charge in [-0.15, -0.1) is 0 Å². The van der Waals surface area contributed by atoms with Crippen molar-refractivity contribution >= 4 is 0 Å². The molecule has 0 saturated carbocycles. The topological polar surface area (TPSA) is 36.9 Å². The Kier molecular flexibility index (Phi) is 6.59. The van der Waals surface area contributed by atoms with E-state index in [0.29, 0.717) is 13.2 Å². The molecule has 0 N–H and O–H groups in total. The maximum atomic E-state index is 6.19. The molecule has 0 spiro atoms. The van der Waals surface area contributed by atoms with Gasteiger partial charge in [0.1, 0.15) is 6.10 Å². The van der Waals surface area contributed by atoms with Crippen LogP contribution in [0.2, 0.25) is 0 Å². The van der Waals surface area contributed by atoms with Crippen LogP contribution in [0, 0.1) is 0 Å².